The Morgan fingerprint density at radius 3 is 2.55 bits per heavy atom. The first-order chi connectivity index (χ1) is 4.74. The molecule has 1 aromatic carbocycles. The fourth-order valence-electron chi connectivity index (χ4n) is 0.888. The van der Waals surface area contributed by atoms with E-state index in [4.69, 9.17) is 17.3 Å². The van der Waals surface area contributed by atoms with E-state index in [2.05, 4.69) is 0 Å². The van der Waals surface area contributed by atoms with Gasteiger partial charge in [-0.15, -0.1) is 12.4 Å². The quantitative estimate of drug-likeness (QED) is 0.726. The van der Waals surface area contributed by atoms with E-state index in [1.54, 1.807) is 0 Å². The molecule has 1 nitrogen and oxygen atoms in total. The number of hydrogen-bond acceptors (Lipinski definition) is 1. The van der Waals surface area contributed by atoms with Crippen LogP contribution in [0.2, 0.25) is 5.02 Å². The van der Waals surface area contributed by atoms with Crippen LogP contribution in [0.4, 0.5) is 0 Å². The van der Waals surface area contributed by atoms with E-state index in [1.807, 2.05) is 25.1 Å². The second kappa shape index (κ2) is 4.60. The molecule has 0 aliphatic rings. The molecule has 11 heavy (non-hydrogen) atoms. The van der Waals surface area contributed by atoms with Crippen LogP contribution in [0.1, 0.15) is 11.1 Å². The molecule has 1 rings (SSSR count). The van der Waals surface area contributed by atoms with Crippen LogP contribution in [-0.4, -0.2) is 0 Å². The zero-order valence-corrected chi connectivity index (χ0v) is 7.88. The fraction of sp³-hybridized carbons (Fsp3) is 0.250. The normalized spacial score (nSPS) is 9.00. The summed E-state index contributed by atoms with van der Waals surface area (Å²) in [4.78, 5) is 0. The molecule has 1 aromatic rings. The second-order valence-electron chi connectivity index (χ2n) is 2.27. The number of benzene rings is 1. The zero-order valence-electron chi connectivity index (χ0n) is 6.30. The summed E-state index contributed by atoms with van der Waals surface area (Å²) in [5.74, 6) is 0. The van der Waals surface area contributed by atoms with Crippen molar-refractivity contribution in [1.29, 1.82) is 0 Å². The Bertz CT molecular complexity index is 236. The number of nitrogens with two attached hydrogens (primary N) is 1. The summed E-state index contributed by atoms with van der Waals surface area (Å²) in [5, 5.41) is 0.773. The van der Waals surface area contributed by atoms with Gasteiger partial charge in [-0.25, -0.2) is 0 Å². The lowest BCUT2D eigenvalue weighted by Crippen LogP contribution is -1.98. The van der Waals surface area contributed by atoms with Gasteiger partial charge in [0.25, 0.3) is 0 Å². The summed E-state index contributed by atoms with van der Waals surface area (Å²) >= 11 is 5.73. The van der Waals surface area contributed by atoms with Crippen molar-refractivity contribution in [3.05, 3.63) is 34.3 Å². The van der Waals surface area contributed by atoms with Gasteiger partial charge in [0, 0.05) is 11.6 Å². The smallest absolute Gasteiger partial charge is 0.0408 e. The van der Waals surface area contributed by atoms with Gasteiger partial charge in [-0.1, -0.05) is 17.7 Å². The van der Waals surface area contributed by atoms with Crippen molar-refractivity contribution in [3.8, 4) is 0 Å². The Labute approximate surface area is 78.0 Å². The van der Waals surface area contributed by atoms with Crippen molar-refractivity contribution < 1.29 is 0 Å². The molecule has 62 valence electrons. The average molecular weight is 192 g/mol. The Morgan fingerprint density at radius 2 is 2.09 bits per heavy atom. The van der Waals surface area contributed by atoms with Gasteiger partial charge in [-0.05, 0) is 30.2 Å². The zero-order chi connectivity index (χ0) is 7.56. The molecular weight excluding hydrogens is 181 g/mol. The van der Waals surface area contributed by atoms with Gasteiger partial charge in [0.15, 0.2) is 0 Å². The Morgan fingerprint density at radius 1 is 1.45 bits per heavy atom. The summed E-state index contributed by atoms with van der Waals surface area (Å²) in [5.41, 5.74) is 7.78. The van der Waals surface area contributed by atoms with Gasteiger partial charge >= 0.3 is 0 Å². The number of aryl methyl sites for hydroxylation is 1. The molecule has 0 heterocycles. The maximum Gasteiger partial charge on any atom is 0.0408 e. The van der Waals surface area contributed by atoms with Gasteiger partial charge in [-0.3, -0.25) is 0 Å². The minimum atomic E-state index is 0. The highest BCUT2D eigenvalue weighted by molar-refractivity contribution is 6.30. The minimum absolute atomic E-state index is 0. The van der Waals surface area contributed by atoms with Crippen LogP contribution in [-0.2, 0) is 6.54 Å². The van der Waals surface area contributed by atoms with Crippen LogP contribution < -0.4 is 5.73 Å². The van der Waals surface area contributed by atoms with E-state index in [1.165, 1.54) is 0 Å². The van der Waals surface area contributed by atoms with Gasteiger partial charge in [0.2, 0.25) is 0 Å². The predicted octanol–water partition coefficient (Wildman–Crippen LogP) is 2.53. The molecule has 0 aliphatic carbocycles. The lowest BCUT2D eigenvalue weighted by molar-refractivity contribution is 1.05. The number of halogens is 2. The molecule has 0 fully saturated rings. The van der Waals surface area contributed by atoms with Crippen LogP contribution in [0.5, 0.6) is 0 Å². The summed E-state index contributed by atoms with van der Waals surface area (Å²) in [6.45, 7) is 2.59. The third-order valence-electron chi connectivity index (χ3n) is 1.52. The predicted molar refractivity (Wildman–Crippen MR) is 51.3 cm³/mol. The molecule has 0 saturated heterocycles. The summed E-state index contributed by atoms with van der Waals surface area (Å²) in [6.07, 6.45) is 0. The molecule has 0 unspecified atom stereocenters. The molecule has 0 radical (unpaired) electrons. The van der Waals surface area contributed by atoms with Crippen LogP contribution in [0, 0.1) is 6.92 Å². The average Bonchev–Trinajstić information content (AvgIpc) is 1.88. The summed E-state index contributed by atoms with van der Waals surface area (Å²) in [7, 11) is 0. The van der Waals surface area contributed by atoms with E-state index < -0.39 is 0 Å². The van der Waals surface area contributed by atoms with Crippen LogP contribution >= 0.6 is 24.0 Å². The molecular formula is C8H11Cl2N. The van der Waals surface area contributed by atoms with Crippen molar-refractivity contribution in [3.63, 3.8) is 0 Å². The summed E-state index contributed by atoms with van der Waals surface area (Å²) in [6, 6.07) is 5.73. The third-order valence-corrected chi connectivity index (χ3v) is 1.76. The van der Waals surface area contributed by atoms with E-state index in [0.717, 1.165) is 16.1 Å². The minimum Gasteiger partial charge on any atom is -0.326 e. The first-order valence-electron chi connectivity index (χ1n) is 3.19. The monoisotopic (exact) mass is 191 g/mol. The highest BCUT2D eigenvalue weighted by atomic mass is 35.5. The molecule has 0 aromatic heterocycles. The third kappa shape index (κ3) is 2.70. The lowest BCUT2D eigenvalue weighted by atomic mass is 10.1. The largest absolute Gasteiger partial charge is 0.326 e. The molecule has 0 bridgehead atoms. The molecule has 0 saturated carbocycles. The maximum atomic E-state index is 5.73. The highest BCUT2D eigenvalue weighted by Gasteiger charge is 1.94. The van der Waals surface area contributed by atoms with Gasteiger partial charge < -0.3 is 5.73 Å². The first-order valence-corrected chi connectivity index (χ1v) is 3.57. The Balaban J connectivity index is 0.000001000. The standard InChI is InChI=1S/C8H10ClN.ClH/c1-6-4-8(9)3-2-7(6)5-10;/h2-4H,5,10H2,1H3;1H. The van der Waals surface area contributed by atoms with Crippen LogP contribution in [0.15, 0.2) is 18.2 Å². The van der Waals surface area contributed by atoms with E-state index in [9.17, 15) is 0 Å². The van der Waals surface area contributed by atoms with E-state index >= 15 is 0 Å². The Kier molecular flexibility index (Phi) is 4.50. The van der Waals surface area contributed by atoms with Crippen molar-refractivity contribution in [2.24, 2.45) is 5.73 Å². The molecule has 0 aliphatic heterocycles. The van der Waals surface area contributed by atoms with Gasteiger partial charge in [-0.2, -0.15) is 0 Å². The SMILES string of the molecule is Cc1cc(Cl)ccc1CN.Cl. The number of rotatable bonds is 1. The van der Waals surface area contributed by atoms with Crippen molar-refractivity contribution in [1.82, 2.24) is 0 Å². The molecule has 0 spiro atoms. The molecule has 2 N–H and O–H groups in total. The molecule has 0 atom stereocenters. The number of hydrogen-bond donors (Lipinski definition) is 1. The van der Waals surface area contributed by atoms with Crippen molar-refractivity contribution >= 4 is 24.0 Å². The van der Waals surface area contributed by atoms with Crippen molar-refractivity contribution in [2.45, 2.75) is 13.5 Å². The fourth-order valence-corrected chi connectivity index (χ4v) is 1.11. The summed E-state index contributed by atoms with van der Waals surface area (Å²) < 4.78 is 0. The second-order valence-corrected chi connectivity index (χ2v) is 2.71. The molecule has 0 amide bonds. The van der Waals surface area contributed by atoms with Gasteiger partial charge in [0.05, 0.1) is 0 Å². The van der Waals surface area contributed by atoms with E-state index in [0.29, 0.717) is 6.54 Å². The van der Waals surface area contributed by atoms with Gasteiger partial charge in [0.1, 0.15) is 0 Å². The highest BCUT2D eigenvalue weighted by Crippen LogP contribution is 2.14. The van der Waals surface area contributed by atoms with Crippen LogP contribution in [0.25, 0.3) is 0 Å². The lowest BCUT2D eigenvalue weighted by Gasteiger charge is -2.01. The topological polar surface area (TPSA) is 26.0 Å². The first kappa shape index (κ1) is 10.8. The Hall–Kier alpha value is -0.240. The van der Waals surface area contributed by atoms with E-state index in [-0.39, 0.29) is 12.4 Å². The van der Waals surface area contributed by atoms with Crippen LogP contribution in [0.3, 0.4) is 0 Å². The molecule has 3 heteroatoms. The van der Waals surface area contributed by atoms with Crippen molar-refractivity contribution in [2.75, 3.05) is 0 Å². The maximum absolute atomic E-state index is 5.73.